The Morgan fingerprint density at radius 3 is 2.58 bits per heavy atom. The predicted octanol–water partition coefficient (Wildman–Crippen LogP) is 1.36. The van der Waals surface area contributed by atoms with Crippen LogP contribution in [0.15, 0.2) is 0 Å². The van der Waals surface area contributed by atoms with Crippen LogP contribution in [0.2, 0.25) is 0 Å². The highest BCUT2D eigenvalue weighted by molar-refractivity contribution is 5.18. The summed E-state index contributed by atoms with van der Waals surface area (Å²) < 4.78 is 5.78. The van der Waals surface area contributed by atoms with Gasteiger partial charge in [-0.25, -0.2) is 4.98 Å². The first kappa shape index (κ1) is 14.1. The van der Waals surface area contributed by atoms with Crippen LogP contribution >= 0.6 is 0 Å². The lowest BCUT2D eigenvalue weighted by atomic mass is 10.2. The van der Waals surface area contributed by atoms with E-state index in [1.807, 2.05) is 13.8 Å². The summed E-state index contributed by atoms with van der Waals surface area (Å²) in [5.74, 6) is 1.89. The fourth-order valence-electron chi connectivity index (χ4n) is 2.12. The topological polar surface area (TPSA) is 77.2 Å². The Kier molecular flexibility index (Phi) is 4.31. The summed E-state index contributed by atoms with van der Waals surface area (Å²) >= 11 is 0. The van der Waals surface area contributed by atoms with Gasteiger partial charge in [0.25, 0.3) is 0 Å². The summed E-state index contributed by atoms with van der Waals surface area (Å²) in [6, 6.07) is 0.496. The largest absolute Gasteiger partial charge is 0.368 e. The first-order valence-corrected chi connectivity index (χ1v) is 6.84. The van der Waals surface area contributed by atoms with Gasteiger partial charge in [-0.1, -0.05) is 13.8 Å². The van der Waals surface area contributed by atoms with Crippen molar-refractivity contribution in [2.24, 2.45) is 0 Å². The molecule has 0 radical (unpaired) electrons. The Labute approximate surface area is 114 Å². The molecule has 106 valence electrons. The summed E-state index contributed by atoms with van der Waals surface area (Å²) in [6.45, 7) is 10.9. The molecule has 6 heteroatoms. The summed E-state index contributed by atoms with van der Waals surface area (Å²) in [4.78, 5) is 15.3. The Bertz CT molecular complexity index is 435. The number of hydrogen-bond acceptors (Lipinski definition) is 6. The van der Waals surface area contributed by atoms with Gasteiger partial charge in [0.1, 0.15) is 11.9 Å². The third-order valence-corrected chi connectivity index (χ3v) is 3.32. The molecule has 0 saturated carbocycles. The number of nitrogens with two attached hydrogens (primary N) is 1. The van der Waals surface area contributed by atoms with E-state index in [2.05, 4.69) is 33.7 Å². The van der Waals surface area contributed by atoms with Crippen LogP contribution in [0.5, 0.6) is 0 Å². The minimum absolute atomic E-state index is 0.112. The van der Waals surface area contributed by atoms with Crippen LogP contribution in [0.3, 0.4) is 0 Å². The molecule has 2 N–H and O–H groups in total. The van der Waals surface area contributed by atoms with Crippen LogP contribution in [0, 0.1) is 0 Å². The summed E-state index contributed by atoms with van der Waals surface area (Å²) in [5.41, 5.74) is 5.77. The van der Waals surface area contributed by atoms with Crippen LogP contribution in [-0.2, 0) is 4.74 Å². The second-order valence-corrected chi connectivity index (χ2v) is 5.51. The lowest BCUT2D eigenvalue weighted by molar-refractivity contribution is -0.0444. The van der Waals surface area contributed by atoms with Crippen molar-refractivity contribution in [1.82, 2.24) is 19.9 Å². The van der Waals surface area contributed by atoms with Gasteiger partial charge in [0.05, 0.1) is 6.61 Å². The Morgan fingerprint density at radius 1 is 1.21 bits per heavy atom. The fraction of sp³-hybridized carbons (Fsp3) is 0.769. The molecule has 0 aromatic carbocycles. The van der Waals surface area contributed by atoms with E-state index in [4.69, 9.17) is 10.5 Å². The monoisotopic (exact) mass is 265 g/mol. The molecule has 2 rings (SSSR count). The van der Waals surface area contributed by atoms with Crippen LogP contribution in [0.1, 0.15) is 51.4 Å². The summed E-state index contributed by atoms with van der Waals surface area (Å²) in [6.07, 6.45) is -0.112. The Morgan fingerprint density at radius 2 is 1.95 bits per heavy atom. The highest BCUT2D eigenvalue weighted by Crippen LogP contribution is 2.22. The second kappa shape index (κ2) is 5.79. The smallest absolute Gasteiger partial charge is 0.223 e. The molecule has 1 saturated heterocycles. The third kappa shape index (κ3) is 3.39. The van der Waals surface area contributed by atoms with E-state index >= 15 is 0 Å². The molecule has 1 aromatic rings. The van der Waals surface area contributed by atoms with Crippen molar-refractivity contribution in [3.8, 4) is 0 Å². The van der Waals surface area contributed by atoms with Crippen LogP contribution in [0.4, 0.5) is 5.95 Å². The molecule has 19 heavy (non-hydrogen) atoms. The third-order valence-electron chi connectivity index (χ3n) is 3.32. The first-order chi connectivity index (χ1) is 8.97. The number of morpholine rings is 1. The molecule has 0 amide bonds. The van der Waals surface area contributed by atoms with Gasteiger partial charge in [0.15, 0.2) is 5.82 Å². The molecule has 1 aromatic heterocycles. The van der Waals surface area contributed by atoms with E-state index in [0.717, 1.165) is 18.9 Å². The van der Waals surface area contributed by atoms with E-state index in [1.54, 1.807) is 0 Å². The SMILES string of the molecule is CC(C)c1nc(N)nc(C2CN(C(C)C)CCO2)n1. The van der Waals surface area contributed by atoms with Gasteiger partial charge in [-0.15, -0.1) is 0 Å². The minimum Gasteiger partial charge on any atom is -0.368 e. The zero-order chi connectivity index (χ0) is 14.0. The average molecular weight is 265 g/mol. The Hall–Kier alpha value is -1.27. The quantitative estimate of drug-likeness (QED) is 0.889. The van der Waals surface area contributed by atoms with Gasteiger partial charge in [-0.05, 0) is 13.8 Å². The van der Waals surface area contributed by atoms with Crippen LogP contribution in [-0.4, -0.2) is 45.6 Å². The summed E-state index contributed by atoms with van der Waals surface area (Å²) in [7, 11) is 0. The number of anilines is 1. The molecule has 1 fully saturated rings. The molecule has 0 bridgehead atoms. The average Bonchev–Trinajstić information content (AvgIpc) is 2.38. The summed E-state index contributed by atoms with van der Waals surface area (Å²) in [5, 5.41) is 0. The molecule has 1 aliphatic rings. The van der Waals surface area contributed by atoms with Crippen molar-refractivity contribution in [2.45, 2.75) is 45.8 Å². The number of nitrogens with zero attached hydrogens (tertiary/aromatic N) is 4. The van der Waals surface area contributed by atoms with E-state index in [0.29, 0.717) is 18.5 Å². The van der Waals surface area contributed by atoms with Gasteiger partial charge in [-0.2, -0.15) is 9.97 Å². The van der Waals surface area contributed by atoms with Gasteiger partial charge in [-0.3, -0.25) is 4.90 Å². The maximum atomic E-state index is 5.78. The number of rotatable bonds is 3. The standard InChI is InChI=1S/C13H23N5O/c1-8(2)11-15-12(17-13(14)16-11)10-7-18(9(3)4)5-6-19-10/h8-10H,5-7H2,1-4H3,(H2,14,15,16,17). The van der Waals surface area contributed by atoms with Crippen molar-refractivity contribution < 1.29 is 4.74 Å². The van der Waals surface area contributed by atoms with Crippen molar-refractivity contribution in [2.75, 3.05) is 25.4 Å². The molecular weight excluding hydrogens is 242 g/mol. The maximum absolute atomic E-state index is 5.78. The number of ether oxygens (including phenoxy) is 1. The lowest BCUT2D eigenvalue weighted by Gasteiger charge is -2.34. The van der Waals surface area contributed by atoms with Gasteiger partial charge in [0.2, 0.25) is 5.95 Å². The predicted molar refractivity (Wildman–Crippen MR) is 73.7 cm³/mol. The molecule has 0 spiro atoms. The fourth-order valence-corrected chi connectivity index (χ4v) is 2.12. The van der Waals surface area contributed by atoms with Gasteiger partial charge in [0, 0.05) is 25.0 Å². The van der Waals surface area contributed by atoms with Gasteiger partial charge >= 0.3 is 0 Å². The van der Waals surface area contributed by atoms with Crippen molar-refractivity contribution in [1.29, 1.82) is 0 Å². The van der Waals surface area contributed by atoms with Crippen molar-refractivity contribution in [3.05, 3.63) is 11.6 Å². The van der Waals surface area contributed by atoms with E-state index in [1.165, 1.54) is 0 Å². The maximum Gasteiger partial charge on any atom is 0.223 e. The van der Waals surface area contributed by atoms with E-state index < -0.39 is 0 Å². The molecule has 6 nitrogen and oxygen atoms in total. The number of aromatic nitrogens is 3. The molecule has 1 atom stereocenters. The van der Waals surface area contributed by atoms with Crippen molar-refractivity contribution >= 4 is 5.95 Å². The molecular formula is C13H23N5O. The van der Waals surface area contributed by atoms with E-state index in [9.17, 15) is 0 Å². The lowest BCUT2D eigenvalue weighted by Crippen LogP contribution is -2.42. The molecule has 2 heterocycles. The minimum atomic E-state index is -0.112. The molecule has 1 aliphatic heterocycles. The number of hydrogen-bond donors (Lipinski definition) is 1. The van der Waals surface area contributed by atoms with Crippen molar-refractivity contribution in [3.63, 3.8) is 0 Å². The highest BCUT2D eigenvalue weighted by Gasteiger charge is 2.26. The second-order valence-electron chi connectivity index (χ2n) is 5.51. The Balaban J connectivity index is 2.21. The number of nitrogen functional groups attached to an aromatic ring is 1. The van der Waals surface area contributed by atoms with Gasteiger partial charge < -0.3 is 10.5 Å². The van der Waals surface area contributed by atoms with Crippen LogP contribution < -0.4 is 5.73 Å². The van der Waals surface area contributed by atoms with E-state index in [-0.39, 0.29) is 18.0 Å². The zero-order valence-corrected chi connectivity index (χ0v) is 12.1. The zero-order valence-electron chi connectivity index (χ0n) is 12.1. The van der Waals surface area contributed by atoms with Crippen LogP contribution in [0.25, 0.3) is 0 Å². The highest BCUT2D eigenvalue weighted by atomic mass is 16.5. The molecule has 1 unspecified atom stereocenters. The first-order valence-electron chi connectivity index (χ1n) is 6.84. The normalized spacial score (nSPS) is 21.3. The molecule has 0 aliphatic carbocycles.